The molecule has 2 aromatic carbocycles. The standard InChI is InChI=1S/C22H27N3O4/c1-24(2)17-6-8-18(9-7-17)25-14-16(12-21(25)26)22(27)23-13-15-5-10-19(28-3)20(11-15)29-4/h5-11,16H,12-14H2,1-4H3,(H,23,27). The molecule has 7 heteroatoms. The van der Waals surface area contributed by atoms with Crippen LogP contribution in [0.5, 0.6) is 11.5 Å². The van der Waals surface area contributed by atoms with E-state index < -0.39 is 0 Å². The Kier molecular flexibility index (Phi) is 6.26. The Morgan fingerprint density at radius 3 is 2.41 bits per heavy atom. The maximum Gasteiger partial charge on any atom is 0.227 e. The molecular weight excluding hydrogens is 370 g/mol. The number of benzene rings is 2. The van der Waals surface area contributed by atoms with E-state index in [1.807, 2.05) is 55.4 Å². The minimum absolute atomic E-state index is 0.0335. The molecule has 1 heterocycles. The lowest BCUT2D eigenvalue weighted by atomic mass is 10.1. The molecule has 7 nitrogen and oxygen atoms in total. The van der Waals surface area contributed by atoms with Crippen molar-refractivity contribution in [2.45, 2.75) is 13.0 Å². The van der Waals surface area contributed by atoms with Crippen LogP contribution >= 0.6 is 0 Å². The van der Waals surface area contributed by atoms with E-state index in [1.165, 1.54) is 0 Å². The summed E-state index contributed by atoms with van der Waals surface area (Å²) in [6, 6.07) is 13.3. The summed E-state index contributed by atoms with van der Waals surface area (Å²) in [6.07, 6.45) is 0.215. The summed E-state index contributed by atoms with van der Waals surface area (Å²) in [5, 5.41) is 2.93. The van der Waals surface area contributed by atoms with Gasteiger partial charge in [0.25, 0.3) is 0 Å². The third kappa shape index (κ3) is 4.62. The van der Waals surface area contributed by atoms with Crippen LogP contribution in [0.4, 0.5) is 11.4 Å². The van der Waals surface area contributed by atoms with Crippen molar-refractivity contribution < 1.29 is 19.1 Å². The Bertz CT molecular complexity index is 880. The first kappa shape index (κ1) is 20.5. The minimum Gasteiger partial charge on any atom is -0.493 e. The van der Waals surface area contributed by atoms with E-state index >= 15 is 0 Å². The van der Waals surface area contributed by atoms with Crippen LogP contribution in [-0.4, -0.2) is 46.7 Å². The predicted octanol–water partition coefficient (Wildman–Crippen LogP) is 2.44. The molecule has 1 fully saturated rings. The average molecular weight is 397 g/mol. The molecule has 1 unspecified atom stereocenters. The van der Waals surface area contributed by atoms with E-state index in [9.17, 15) is 9.59 Å². The Balaban J connectivity index is 1.60. The number of rotatable bonds is 7. The third-order valence-corrected chi connectivity index (χ3v) is 5.09. The fraction of sp³-hybridized carbons (Fsp3) is 0.364. The van der Waals surface area contributed by atoms with Crippen molar-refractivity contribution >= 4 is 23.2 Å². The fourth-order valence-electron chi connectivity index (χ4n) is 3.39. The fourth-order valence-corrected chi connectivity index (χ4v) is 3.39. The topological polar surface area (TPSA) is 71.1 Å². The molecule has 0 bridgehead atoms. The van der Waals surface area contributed by atoms with E-state index in [-0.39, 0.29) is 24.2 Å². The van der Waals surface area contributed by atoms with Crippen LogP contribution in [0.1, 0.15) is 12.0 Å². The van der Waals surface area contributed by atoms with Gasteiger partial charge >= 0.3 is 0 Å². The van der Waals surface area contributed by atoms with Crippen molar-refractivity contribution in [3.8, 4) is 11.5 Å². The van der Waals surface area contributed by atoms with E-state index in [4.69, 9.17) is 9.47 Å². The normalized spacial score (nSPS) is 15.9. The van der Waals surface area contributed by atoms with Crippen molar-refractivity contribution in [1.29, 1.82) is 0 Å². The first-order valence-electron chi connectivity index (χ1n) is 9.49. The first-order valence-corrected chi connectivity index (χ1v) is 9.49. The number of hydrogen-bond donors (Lipinski definition) is 1. The molecule has 0 aliphatic carbocycles. The summed E-state index contributed by atoms with van der Waals surface area (Å²) < 4.78 is 10.5. The Labute approximate surface area is 171 Å². The Morgan fingerprint density at radius 2 is 1.79 bits per heavy atom. The van der Waals surface area contributed by atoms with Gasteiger partial charge in [-0.2, -0.15) is 0 Å². The Hall–Kier alpha value is -3.22. The zero-order valence-corrected chi connectivity index (χ0v) is 17.3. The van der Waals surface area contributed by atoms with Crippen LogP contribution in [0.25, 0.3) is 0 Å². The number of anilines is 2. The summed E-state index contributed by atoms with van der Waals surface area (Å²) in [5.74, 6) is 0.730. The summed E-state index contributed by atoms with van der Waals surface area (Å²) in [5.41, 5.74) is 2.77. The summed E-state index contributed by atoms with van der Waals surface area (Å²) in [4.78, 5) is 28.7. The second-order valence-electron chi connectivity index (χ2n) is 7.22. The number of nitrogens with one attached hydrogen (secondary N) is 1. The molecule has 1 atom stereocenters. The molecule has 3 rings (SSSR count). The van der Waals surface area contributed by atoms with Gasteiger partial charge in [0.05, 0.1) is 20.1 Å². The lowest BCUT2D eigenvalue weighted by Gasteiger charge is -2.19. The van der Waals surface area contributed by atoms with E-state index in [0.29, 0.717) is 24.6 Å². The zero-order valence-electron chi connectivity index (χ0n) is 17.3. The van der Waals surface area contributed by atoms with Crippen LogP contribution in [0, 0.1) is 5.92 Å². The van der Waals surface area contributed by atoms with Gasteiger partial charge in [0.15, 0.2) is 11.5 Å². The SMILES string of the molecule is COc1ccc(CNC(=O)C2CC(=O)N(c3ccc(N(C)C)cc3)C2)cc1OC. The molecule has 0 radical (unpaired) electrons. The van der Waals surface area contributed by atoms with E-state index in [0.717, 1.165) is 16.9 Å². The molecule has 29 heavy (non-hydrogen) atoms. The van der Waals surface area contributed by atoms with Crippen molar-refractivity contribution in [3.63, 3.8) is 0 Å². The lowest BCUT2D eigenvalue weighted by molar-refractivity contribution is -0.126. The van der Waals surface area contributed by atoms with Gasteiger partial charge in [0, 0.05) is 45.0 Å². The molecule has 1 aliphatic rings. The molecule has 154 valence electrons. The van der Waals surface area contributed by atoms with Gasteiger partial charge in [-0.15, -0.1) is 0 Å². The second kappa shape index (κ2) is 8.86. The van der Waals surface area contributed by atoms with Crippen molar-refractivity contribution in [2.75, 3.05) is 44.7 Å². The number of amides is 2. The monoisotopic (exact) mass is 397 g/mol. The van der Waals surface area contributed by atoms with Gasteiger partial charge < -0.3 is 24.6 Å². The zero-order chi connectivity index (χ0) is 21.0. The summed E-state index contributed by atoms with van der Waals surface area (Å²) in [7, 11) is 7.09. The van der Waals surface area contributed by atoms with E-state index in [2.05, 4.69) is 5.32 Å². The van der Waals surface area contributed by atoms with Crippen molar-refractivity contribution in [3.05, 3.63) is 48.0 Å². The van der Waals surface area contributed by atoms with Gasteiger partial charge in [-0.3, -0.25) is 9.59 Å². The highest BCUT2D eigenvalue weighted by atomic mass is 16.5. The van der Waals surface area contributed by atoms with Gasteiger partial charge in [-0.05, 0) is 42.0 Å². The van der Waals surface area contributed by atoms with E-state index in [1.54, 1.807) is 25.2 Å². The molecule has 0 aromatic heterocycles. The molecule has 0 saturated carbocycles. The van der Waals surface area contributed by atoms with Gasteiger partial charge in [0.2, 0.25) is 11.8 Å². The number of carbonyl (C=O) groups is 2. The molecule has 1 saturated heterocycles. The highest BCUT2D eigenvalue weighted by molar-refractivity contribution is 6.00. The van der Waals surface area contributed by atoms with Crippen LogP contribution in [-0.2, 0) is 16.1 Å². The van der Waals surface area contributed by atoms with Gasteiger partial charge in [-0.1, -0.05) is 6.07 Å². The highest BCUT2D eigenvalue weighted by Crippen LogP contribution is 2.28. The number of hydrogen-bond acceptors (Lipinski definition) is 5. The number of methoxy groups -OCH3 is 2. The Morgan fingerprint density at radius 1 is 1.10 bits per heavy atom. The van der Waals surface area contributed by atoms with Crippen molar-refractivity contribution in [1.82, 2.24) is 5.32 Å². The lowest BCUT2D eigenvalue weighted by Crippen LogP contribution is -2.32. The van der Waals surface area contributed by atoms with Gasteiger partial charge in [0.1, 0.15) is 0 Å². The average Bonchev–Trinajstić information content (AvgIpc) is 3.13. The molecule has 0 spiro atoms. The smallest absolute Gasteiger partial charge is 0.227 e. The molecular formula is C22H27N3O4. The molecule has 2 aromatic rings. The first-order chi connectivity index (χ1) is 13.9. The quantitative estimate of drug-likeness (QED) is 0.777. The summed E-state index contributed by atoms with van der Waals surface area (Å²) in [6.45, 7) is 0.749. The minimum atomic E-state index is -0.365. The molecule has 2 amide bonds. The van der Waals surface area contributed by atoms with Crippen LogP contribution < -0.4 is 24.6 Å². The van der Waals surface area contributed by atoms with Crippen LogP contribution in [0.15, 0.2) is 42.5 Å². The van der Waals surface area contributed by atoms with Crippen LogP contribution in [0.3, 0.4) is 0 Å². The van der Waals surface area contributed by atoms with Crippen LogP contribution in [0.2, 0.25) is 0 Å². The predicted molar refractivity (Wildman–Crippen MR) is 113 cm³/mol. The maximum atomic E-state index is 12.6. The number of ether oxygens (including phenoxy) is 2. The molecule has 1 aliphatic heterocycles. The number of nitrogens with zero attached hydrogens (tertiary/aromatic N) is 2. The third-order valence-electron chi connectivity index (χ3n) is 5.09. The maximum absolute atomic E-state index is 12.6. The largest absolute Gasteiger partial charge is 0.493 e. The summed E-state index contributed by atoms with van der Waals surface area (Å²) >= 11 is 0. The second-order valence-corrected chi connectivity index (χ2v) is 7.22. The van der Waals surface area contributed by atoms with Crippen molar-refractivity contribution in [2.24, 2.45) is 5.92 Å². The molecule has 1 N–H and O–H groups in total. The highest BCUT2D eigenvalue weighted by Gasteiger charge is 2.35. The number of carbonyl (C=O) groups excluding carboxylic acids is 2. The van der Waals surface area contributed by atoms with Gasteiger partial charge in [-0.25, -0.2) is 0 Å².